The van der Waals surface area contributed by atoms with Gasteiger partial charge in [0.25, 0.3) is 5.22 Å². The highest BCUT2D eigenvalue weighted by Crippen LogP contribution is 2.42. The van der Waals surface area contributed by atoms with E-state index in [4.69, 9.17) is 4.42 Å². The molecule has 0 saturated heterocycles. The lowest BCUT2D eigenvalue weighted by atomic mass is 9.96. The van der Waals surface area contributed by atoms with Crippen molar-refractivity contribution in [2.75, 3.05) is 0 Å². The van der Waals surface area contributed by atoms with Crippen LogP contribution in [0.4, 0.5) is 0 Å². The van der Waals surface area contributed by atoms with E-state index in [1.54, 1.807) is 11.8 Å². The van der Waals surface area contributed by atoms with E-state index < -0.39 is 0 Å². The standard InChI is InChI=1S/C16H14N2OS/c1-2-8-13-12(7-1)18-16(19-13)20-14-9-3-5-11-6-4-10-17-15(11)14/h1-2,4,6-8,10,14H,3,5,9H2. The molecule has 0 aliphatic heterocycles. The van der Waals surface area contributed by atoms with Crippen LogP contribution >= 0.6 is 11.8 Å². The molecule has 2 aromatic heterocycles. The van der Waals surface area contributed by atoms with Crippen molar-refractivity contribution in [3.8, 4) is 0 Å². The molecule has 0 amide bonds. The third-order valence-corrected chi connectivity index (χ3v) is 4.78. The number of nitrogens with zero attached hydrogens (tertiary/aromatic N) is 2. The largest absolute Gasteiger partial charge is 0.431 e. The fraction of sp³-hybridized carbons (Fsp3) is 0.250. The number of benzene rings is 1. The monoisotopic (exact) mass is 282 g/mol. The Hall–Kier alpha value is -1.81. The SMILES string of the molecule is c1cnc2c(c1)CCCC2Sc1nc2ccccc2o1. The molecule has 0 N–H and O–H groups in total. The highest BCUT2D eigenvalue weighted by Gasteiger charge is 2.24. The number of para-hydroxylation sites is 2. The van der Waals surface area contributed by atoms with Crippen LogP contribution in [0.1, 0.15) is 29.3 Å². The molecule has 4 rings (SSSR count). The second-order valence-electron chi connectivity index (χ2n) is 4.99. The molecule has 0 bridgehead atoms. The van der Waals surface area contributed by atoms with Gasteiger partial charge in [-0.3, -0.25) is 4.98 Å². The van der Waals surface area contributed by atoms with Crippen molar-refractivity contribution in [1.82, 2.24) is 9.97 Å². The fourth-order valence-corrected chi connectivity index (χ4v) is 3.85. The summed E-state index contributed by atoms with van der Waals surface area (Å²) in [6.45, 7) is 0. The first-order valence-electron chi connectivity index (χ1n) is 6.86. The molecule has 0 radical (unpaired) electrons. The van der Waals surface area contributed by atoms with Crippen LogP contribution in [0.5, 0.6) is 0 Å². The summed E-state index contributed by atoms with van der Waals surface area (Å²) >= 11 is 1.69. The first-order valence-corrected chi connectivity index (χ1v) is 7.74. The number of rotatable bonds is 2. The number of aryl methyl sites for hydroxylation is 1. The third kappa shape index (κ3) is 2.10. The van der Waals surface area contributed by atoms with Crippen molar-refractivity contribution >= 4 is 22.9 Å². The fourth-order valence-electron chi connectivity index (χ4n) is 2.70. The van der Waals surface area contributed by atoms with Crippen LogP contribution in [0.3, 0.4) is 0 Å². The molecule has 20 heavy (non-hydrogen) atoms. The molecule has 0 spiro atoms. The van der Waals surface area contributed by atoms with Gasteiger partial charge in [-0.05, 0) is 43.0 Å². The van der Waals surface area contributed by atoms with Gasteiger partial charge in [0.1, 0.15) is 5.52 Å². The Bertz CT molecular complexity index is 720. The average molecular weight is 282 g/mol. The maximum Gasteiger partial charge on any atom is 0.257 e. The van der Waals surface area contributed by atoms with E-state index >= 15 is 0 Å². The Morgan fingerprint density at radius 3 is 3.05 bits per heavy atom. The first-order chi connectivity index (χ1) is 9.90. The maximum absolute atomic E-state index is 5.81. The van der Waals surface area contributed by atoms with Gasteiger partial charge in [-0.2, -0.15) is 0 Å². The van der Waals surface area contributed by atoms with E-state index in [0.29, 0.717) is 5.25 Å². The molecular weight excluding hydrogens is 268 g/mol. The smallest absolute Gasteiger partial charge is 0.257 e. The van der Waals surface area contributed by atoms with Crippen molar-refractivity contribution in [2.45, 2.75) is 29.7 Å². The highest BCUT2D eigenvalue weighted by molar-refractivity contribution is 7.99. The van der Waals surface area contributed by atoms with Crippen molar-refractivity contribution in [1.29, 1.82) is 0 Å². The van der Waals surface area contributed by atoms with Crippen LogP contribution in [-0.2, 0) is 6.42 Å². The van der Waals surface area contributed by atoms with E-state index in [9.17, 15) is 0 Å². The van der Waals surface area contributed by atoms with E-state index in [1.807, 2.05) is 36.5 Å². The minimum absolute atomic E-state index is 0.355. The molecule has 1 aromatic carbocycles. The zero-order valence-electron chi connectivity index (χ0n) is 11.0. The van der Waals surface area contributed by atoms with Crippen LogP contribution < -0.4 is 0 Å². The van der Waals surface area contributed by atoms with Gasteiger partial charge in [-0.15, -0.1) is 0 Å². The molecule has 0 saturated carbocycles. The van der Waals surface area contributed by atoms with Gasteiger partial charge in [0.2, 0.25) is 0 Å². The number of aromatic nitrogens is 2. The third-order valence-electron chi connectivity index (χ3n) is 3.66. The number of pyridine rings is 1. The van der Waals surface area contributed by atoms with Gasteiger partial charge in [-0.25, -0.2) is 4.98 Å². The summed E-state index contributed by atoms with van der Waals surface area (Å²) in [6, 6.07) is 12.1. The lowest BCUT2D eigenvalue weighted by molar-refractivity contribution is 0.486. The number of fused-ring (bicyclic) bond motifs is 2. The number of hydrogen-bond donors (Lipinski definition) is 0. The van der Waals surface area contributed by atoms with Crippen molar-refractivity contribution in [3.63, 3.8) is 0 Å². The number of hydrogen-bond acceptors (Lipinski definition) is 4. The van der Waals surface area contributed by atoms with E-state index in [2.05, 4.69) is 16.0 Å². The summed E-state index contributed by atoms with van der Waals surface area (Å²) in [4.78, 5) is 9.11. The molecule has 2 heterocycles. The Balaban J connectivity index is 1.66. The van der Waals surface area contributed by atoms with Gasteiger partial charge in [0.05, 0.1) is 10.9 Å². The van der Waals surface area contributed by atoms with Crippen LogP contribution in [0, 0.1) is 0 Å². The summed E-state index contributed by atoms with van der Waals surface area (Å²) in [6.07, 6.45) is 5.35. The summed E-state index contributed by atoms with van der Waals surface area (Å²) in [5.74, 6) is 0. The van der Waals surface area contributed by atoms with Gasteiger partial charge in [0.15, 0.2) is 5.58 Å². The first kappa shape index (κ1) is 12.0. The molecule has 1 atom stereocenters. The second-order valence-corrected chi connectivity index (χ2v) is 6.15. The predicted octanol–water partition coefficient (Wildman–Crippen LogP) is 4.39. The Morgan fingerprint density at radius 2 is 2.10 bits per heavy atom. The highest BCUT2D eigenvalue weighted by atomic mass is 32.2. The normalized spacial score (nSPS) is 18.1. The zero-order chi connectivity index (χ0) is 13.4. The summed E-state index contributed by atoms with van der Waals surface area (Å²) in [7, 11) is 0. The molecule has 1 aliphatic rings. The van der Waals surface area contributed by atoms with Gasteiger partial charge in [0, 0.05) is 6.20 Å². The maximum atomic E-state index is 5.81. The van der Waals surface area contributed by atoms with Gasteiger partial charge < -0.3 is 4.42 Å². The average Bonchev–Trinajstić information content (AvgIpc) is 2.90. The topological polar surface area (TPSA) is 38.9 Å². The Labute approximate surface area is 121 Å². The summed E-state index contributed by atoms with van der Waals surface area (Å²) < 4.78 is 5.81. The minimum Gasteiger partial charge on any atom is -0.431 e. The molecular formula is C16H14N2OS. The molecule has 0 fully saturated rings. The molecule has 1 aliphatic carbocycles. The second kappa shape index (κ2) is 4.94. The minimum atomic E-state index is 0.355. The number of oxazole rings is 1. The van der Waals surface area contributed by atoms with Gasteiger partial charge in [-0.1, -0.05) is 30.0 Å². The van der Waals surface area contributed by atoms with Gasteiger partial charge >= 0.3 is 0 Å². The molecule has 3 aromatic rings. The van der Waals surface area contributed by atoms with Crippen LogP contribution in [-0.4, -0.2) is 9.97 Å². The summed E-state index contributed by atoms with van der Waals surface area (Å²) in [5, 5.41) is 1.10. The van der Waals surface area contributed by atoms with E-state index in [-0.39, 0.29) is 0 Å². The Morgan fingerprint density at radius 1 is 1.15 bits per heavy atom. The Kier molecular flexibility index (Phi) is 2.96. The lowest BCUT2D eigenvalue weighted by Crippen LogP contribution is -2.09. The molecule has 3 nitrogen and oxygen atoms in total. The van der Waals surface area contributed by atoms with E-state index in [0.717, 1.165) is 29.2 Å². The molecule has 100 valence electrons. The van der Waals surface area contributed by atoms with Crippen molar-refractivity contribution < 1.29 is 4.42 Å². The van der Waals surface area contributed by atoms with Crippen LogP contribution in [0.2, 0.25) is 0 Å². The predicted molar refractivity (Wildman–Crippen MR) is 79.8 cm³/mol. The van der Waals surface area contributed by atoms with Crippen molar-refractivity contribution in [2.24, 2.45) is 0 Å². The lowest BCUT2D eigenvalue weighted by Gasteiger charge is -2.22. The zero-order valence-corrected chi connectivity index (χ0v) is 11.8. The quantitative estimate of drug-likeness (QED) is 0.698. The molecule has 4 heteroatoms. The van der Waals surface area contributed by atoms with E-state index in [1.165, 1.54) is 17.7 Å². The number of thioether (sulfide) groups is 1. The molecule has 1 unspecified atom stereocenters. The van der Waals surface area contributed by atoms with Crippen LogP contribution in [0.15, 0.2) is 52.2 Å². The van der Waals surface area contributed by atoms with Crippen LogP contribution in [0.25, 0.3) is 11.1 Å². The summed E-state index contributed by atoms with van der Waals surface area (Å²) in [5.41, 5.74) is 4.34. The van der Waals surface area contributed by atoms with Crippen molar-refractivity contribution in [3.05, 3.63) is 53.9 Å².